The molecule has 3 aromatic carbocycles. The van der Waals surface area contributed by atoms with E-state index in [0.717, 1.165) is 22.4 Å². The van der Waals surface area contributed by atoms with Crippen molar-refractivity contribution in [2.45, 2.75) is 32.9 Å². The molecule has 0 fully saturated rings. The van der Waals surface area contributed by atoms with E-state index < -0.39 is 12.1 Å². The van der Waals surface area contributed by atoms with Crippen molar-refractivity contribution >= 4 is 18.2 Å². The third-order valence-electron chi connectivity index (χ3n) is 4.93. The molecule has 3 aromatic rings. The van der Waals surface area contributed by atoms with Crippen molar-refractivity contribution in [2.24, 2.45) is 5.10 Å². The van der Waals surface area contributed by atoms with Gasteiger partial charge in [-0.3, -0.25) is 4.79 Å². The van der Waals surface area contributed by atoms with Gasteiger partial charge in [0.15, 0.2) is 0 Å². The average molecular weight is 460 g/mol. The van der Waals surface area contributed by atoms with Gasteiger partial charge in [-0.25, -0.2) is 10.2 Å². The summed E-state index contributed by atoms with van der Waals surface area (Å²) in [6.45, 7) is 4.52. The number of nitrogens with one attached hydrogen (secondary N) is 2. The molecule has 0 aliphatic carbocycles. The van der Waals surface area contributed by atoms with Crippen LogP contribution < -0.4 is 15.5 Å². The smallest absolute Gasteiger partial charge is 0.407 e. The third kappa shape index (κ3) is 8.09. The molecular formula is C27H29N3O4. The fraction of sp³-hybridized carbons (Fsp3) is 0.222. The van der Waals surface area contributed by atoms with Gasteiger partial charge in [0.2, 0.25) is 5.91 Å². The van der Waals surface area contributed by atoms with Crippen LogP contribution in [-0.4, -0.2) is 24.8 Å². The first-order valence-electron chi connectivity index (χ1n) is 11.1. The van der Waals surface area contributed by atoms with Crippen molar-refractivity contribution in [3.8, 4) is 5.75 Å². The highest BCUT2D eigenvalue weighted by atomic mass is 16.5. The molecule has 2 amide bonds. The number of hydrogen-bond donors (Lipinski definition) is 2. The lowest BCUT2D eigenvalue weighted by Crippen LogP contribution is -2.33. The van der Waals surface area contributed by atoms with Crippen molar-refractivity contribution in [1.29, 1.82) is 0 Å². The zero-order valence-corrected chi connectivity index (χ0v) is 19.4. The number of aryl methyl sites for hydroxylation is 1. The normalized spacial score (nSPS) is 11.6. The van der Waals surface area contributed by atoms with Gasteiger partial charge in [0.1, 0.15) is 12.4 Å². The monoisotopic (exact) mass is 459 g/mol. The molecule has 0 aliphatic heterocycles. The fourth-order valence-corrected chi connectivity index (χ4v) is 3.28. The highest BCUT2D eigenvalue weighted by Gasteiger charge is 2.18. The van der Waals surface area contributed by atoms with Gasteiger partial charge in [-0.05, 0) is 54.8 Å². The largest absolute Gasteiger partial charge is 0.489 e. The van der Waals surface area contributed by atoms with Gasteiger partial charge in [-0.1, -0.05) is 60.2 Å². The molecule has 0 spiro atoms. The van der Waals surface area contributed by atoms with Crippen molar-refractivity contribution in [1.82, 2.24) is 10.7 Å². The molecule has 0 aromatic heterocycles. The molecule has 0 saturated carbocycles. The van der Waals surface area contributed by atoms with Crippen LogP contribution in [0.15, 0.2) is 84.0 Å². The number of ether oxygens (including phenoxy) is 2. The van der Waals surface area contributed by atoms with Crippen LogP contribution in [0.3, 0.4) is 0 Å². The van der Waals surface area contributed by atoms with E-state index in [2.05, 4.69) is 34.9 Å². The summed E-state index contributed by atoms with van der Waals surface area (Å²) in [5.41, 5.74) is 6.43. The van der Waals surface area contributed by atoms with Crippen LogP contribution >= 0.6 is 0 Å². The van der Waals surface area contributed by atoms with Gasteiger partial charge in [0, 0.05) is 0 Å². The van der Waals surface area contributed by atoms with E-state index in [1.165, 1.54) is 5.56 Å². The van der Waals surface area contributed by atoms with Gasteiger partial charge in [0.05, 0.1) is 25.3 Å². The Morgan fingerprint density at radius 3 is 2.47 bits per heavy atom. The highest BCUT2D eigenvalue weighted by Crippen LogP contribution is 2.17. The van der Waals surface area contributed by atoms with Crippen LogP contribution in [-0.2, 0) is 16.1 Å². The van der Waals surface area contributed by atoms with E-state index in [1.54, 1.807) is 13.1 Å². The van der Waals surface area contributed by atoms with Gasteiger partial charge >= 0.3 is 6.09 Å². The minimum Gasteiger partial charge on any atom is -0.489 e. The summed E-state index contributed by atoms with van der Waals surface area (Å²) in [7, 11) is 0. The van der Waals surface area contributed by atoms with Crippen LogP contribution in [0.5, 0.6) is 5.75 Å². The number of rotatable bonds is 10. The molecular weight excluding hydrogens is 430 g/mol. The fourth-order valence-electron chi connectivity index (χ4n) is 3.28. The summed E-state index contributed by atoms with van der Waals surface area (Å²) in [5, 5.41) is 6.75. The number of alkyl carbamates (subject to hydrolysis) is 1. The second-order valence-electron chi connectivity index (χ2n) is 7.67. The third-order valence-corrected chi connectivity index (χ3v) is 4.93. The van der Waals surface area contributed by atoms with Gasteiger partial charge in [-0.15, -0.1) is 0 Å². The van der Waals surface area contributed by atoms with E-state index in [9.17, 15) is 9.59 Å². The first-order chi connectivity index (χ1) is 16.5. The molecule has 176 valence electrons. The first kappa shape index (κ1) is 24.5. The van der Waals surface area contributed by atoms with Crippen molar-refractivity contribution in [3.05, 3.63) is 101 Å². The van der Waals surface area contributed by atoms with Gasteiger partial charge in [0.25, 0.3) is 0 Å². The Kier molecular flexibility index (Phi) is 9.22. The van der Waals surface area contributed by atoms with Gasteiger partial charge in [-0.2, -0.15) is 5.10 Å². The van der Waals surface area contributed by atoms with E-state index in [0.29, 0.717) is 6.61 Å². The Labute approximate surface area is 199 Å². The lowest BCUT2D eigenvalue weighted by atomic mass is 10.0. The number of amides is 2. The second kappa shape index (κ2) is 12.8. The molecule has 7 heteroatoms. The Balaban J connectivity index is 1.51. The predicted octanol–water partition coefficient (Wildman–Crippen LogP) is 4.90. The lowest BCUT2D eigenvalue weighted by molar-refractivity contribution is -0.121. The number of carbonyl (C=O) groups is 2. The van der Waals surface area contributed by atoms with Crippen LogP contribution in [0.25, 0.3) is 0 Å². The summed E-state index contributed by atoms with van der Waals surface area (Å²) in [6.07, 6.45) is 1.00. The number of benzene rings is 3. The summed E-state index contributed by atoms with van der Waals surface area (Å²) < 4.78 is 10.8. The molecule has 0 unspecified atom stereocenters. The van der Waals surface area contributed by atoms with E-state index in [-0.39, 0.29) is 18.9 Å². The van der Waals surface area contributed by atoms with Crippen molar-refractivity contribution < 1.29 is 19.1 Å². The number of carbonyl (C=O) groups excluding carboxylic acids is 2. The zero-order chi connectivity index (χ0) is 24.2. The maximum Gasteiger partial charge on any atom is 0.407 e. The summed E-state index contributed by atoms with van der Waals surface area (Å²) >= 11 is 0. The van der Waals surface area contributed by atoms with Gasteiger partial charge < -0.3 is 14.8 Å². The summed E-state index contributed by atoms with van der Waals surface area (Å²) in [5.74, 6) is 0.415. The quantitative estimate of drug-likeness (QED) is 0.333. The number of nitrogens with zero attached hydrogens (tertiary/aromatic N) is 1. The number of hydrogen-bond acceptors (Lipinski definition) is 5. The Bertz CT molecular complexity index is 1100. The summed E-state index contributed by atoms with van der Waals surface area (Å²) in [4.78, 5) is 24.3. The standard InChI is InChI=1S/C27H29N3O4/c1-3-33-27(32)29-25(23-10-5-4-6-11-23)17-26(31)30-28-18-21-12-14-24(15-13-21)34-19-22-9-7-8-20(2)16-22/h4-16,18,25H,3,17,19H2,1-2H3,(H,29,32)(H,30,31)/b28-18-/t25-/m1/s1. The average Bonchev–Trinajstić information content (AvgIpc) is 2.84. The first-order valence-corrected chi connectivity index (χ1v) is 11.1. The molecule has 0 saturated heterocycles. The van der Waals surface area contributed by atoms with Crippen molar-refractivity contribution in [2.75, 3.05) is 6.61 Å². The molecule has 0 heterocycles. The van der Waals surface area contributed by atoms with E-state index in [1.807, 2.05) is 66.7 Å². The Hall–Kier alpha value is -4.13. The van der Waals surface area contributed by atoms with Crippen molar-refractivity contribution in [3.63, 3.8) is 0 Å². The minimum absolute atomic E-state index is 0.0197. The molecule has 34 heavy (non-hydrogen) atoms. The molecule has 0 aliphatic rings. The molecule has 3 rings (SSSR count). The molecule has 0 bridgehead atoms. The molecule has 2 N–H and O–H groups in total. The maximum absolute atomic E-state index is 12.4. The number of hydrazone groups is 1. The van der Waals surface area contributed by atoms with Crippen LogP contribution in [0.4, 0.5) is 4.79 Å². The Morgan fingerprint density at radius 2 is 1.76 bits per heavy atom. The molecule has 7 nitrogen and oxygen atoms in total. The SMILES string of the molecule is CCOC(=O)N[C@H](CC(=O)N/N=C\c1ccc(OCc2cccc(C)c2)cc1)c1ccccc1. The van der Waals surface area contributed by atoms with Crippen LogP contribution in [0.2, 0.25) is 0 Å². The lowest BCUT2D eigenvalue weighted by Gasteiger charge is -2.18. The minimum atomic E-state index is -0.572. The highest BCUT2D eigenvalue weighted by molar-refractivity contribution is 5.83. The predicted molar refractivity (Wildman–Crippen MR) is 132 cm³/mol. The maximum atomic E-state index is 12.4. The Morgan fingerprint density at radius 1 is 1.00 bits per heavy atom. The van der Waals surface area contributed by atoms with Crippen LogP contribution in [0.1, 0.15) is 41.6 Å². The summed E-state index contributed by atoms with van der Waals surface area (Å²) in [6, 6.07) is 24.3. The van der Waals surface area contributed by atoms with E-state index >= 15 is 0 Å². The molecule has 1 atom stereocenters. The topological polar surface area (TPSA) is 89.0 Å². The molecule has 0 radical (unpaired) electrons. The van der Waals surface area contributed by atoms with Crippen LogP contribution in [0, 0.1) is 6.92 Å². The second-order valence-corrected chi connectivity index (χ2v) is 7.67. The zero-order valence-electron chi connectivity index (χ0n) is 19.4. The van der Waals surface area contributed by atoms with E-state index in [4.69, 9.17) is 9.47 Å².